The minimum atomic E-state index is -2.84. The van der Waals surface area contributed by atoms with E-state index in [0.29, 0.717) is 18.8 Å². The predicted molar refractivity (Wildman–Crippen MR) is 62.5 cm³/mol. The third-order valence-electron chi connectivity index (χ3n) is 2.25. The number of nitrogens with one attached hydrogen (secondary N) is 1. The average Bonchev–Trinajstić information content (AvgIpc) is 2.34. The van der Waals surface area contributed by atoms with Crippen LogP contribution in [0.1, 0.15) is 18.5 Å². The van der Waals surface area contributed by atoms with E-state index in [1.807, 2.05) is 0 Å². The lowest BCUT2D eigenvalue weighted by Crippen LogP contribution is -2.22. The van der Waals surface area contributed by atoms with E-state index in [4.69, 9.17) is 9.57 Å². The molecule has 0 radical (unpaired) electrons. The molecule has 0 spiro atoms. The molecule has 6 heteroatoms. The third kappa shape index (κ3) is 4.95. The summed E-state index contributed by atoms with van der Waals surface area (Å²) >= 11 is 0. The molecule has 0 saturated carbocycles. The Hall–Kier alpha value is -1.24. The fourth-order valence-corrected chi connectivity index (χ4v) is 1.41. The van der Waals surface area contributed by atoms with Crippen molar-refractivity contribution in [3.63, 3.8) is 0 Å². The van der Waals surface area contributed by atoms with Crippen molar-refractivity contribution in [2.45, 2.75) is 19.6 Å². The minimum Gasteiger partial charge on any atom is -0.434 e. The van der Waals surface area contributed by atoms with Crippen molar-refractivity contribution in [3.8, 4) is 5.75 Å². The highest BCUT2D eigenvalue weighted by Crippen LogP contribution is 2.26. The van der Waals surface area contributed by atoms with Gasteiger partial charge < -0.3 is 9.47 Å². The summed E-state index contributed by atoms with van der Waals surface area (Å²) < 4.78 is 33.7. The number of hydroxylamine groups is 1. The molecule has 4 nitrogen and oxygen atoms in total. The van der Waals surface area contributed by atoms with Gasteiger partial charge in [-0.15, -0.1) is 0 Å². The monoisotopic (exact) mass is 261 g/mol. The Morgan fingerprint density at radius 2 is 1.94 bits per heavy atom. The lowest BCUT2D eigenvalue weighted by Gasteiger charge is -2.17. The number of hydrogen-bond donors (Lipinski definition) is 1. The van der Waals surface area contributed by atoms with E-state index in [1.54, 1.807) is 32.2 Å². The Kier molecular flexibility index (Phi) is 6.56. The van der Waals surface area contributed by atoms with Crippen molar-refractivity contribution < 1.29 is 23.1 Å². The number of benzene rings is 1. The molecule has 1 atom stereocenters. The first kappa shape index (κ1) is 14.8. The van der Waals surface area contributed by atoms with Gasteiger partial charge in [-0.05, 0) is 13.0 Å². The van der Waals surface area contributed by atoms with Gasteiger partial charge in [0.1, 0.15) is 5.75 Å². The summed E-state index contributed by atoms with van der Waals surface area (Å²) in [5.41, 5.74) is 3.35. The van der Waals surface area contributed by atoms with Crippen LogP contribution in [0.3, 0.4) is 0 Å². The number of methoxy groups -OCH3 is 1. The van der Waals surface area contributed by atoms with Crippen LogP contribution in [0.25, 0.3) is 0 Å². The van der Waals surface area contributed by atoms with Crippen LogP contribution in [-0.4, -0.2) is 26.9 Å². The van der Waals surface area contributed by atoms with E-state index >= 15 is 0 Å². The molecule has 0 heterocycles. The standard InChI is InChI=1S/C12H17F2NO3/c1-9(15-17-8-7-16-2)10-5-3-4-6-11(10)18-12(13)14/h3-6,9,12,15H,7-8H2,1-2H3. The van der Waals surface area contributed by atoms with Crippen LogP contribution in [0.4, 0.5) is 8.78 Å². The molecule has 102 valence electrons. The minimum absolute atomic E-state index is 0.142. The smallest absolute Gasteiger partial charge is 0.387 e. The molecule has 1 N–H and O–H groups in total. The Bertz CT molecular complexity index is 350. The first-order valence-corrected chi connectivity index (χ1v) is 5.55. The number of ether oxygens (including phenoxy) is 2. The summed E-state index contributed by atoms with van der Waals surface area (Å²) in [6.45, 7) is -0.221. The van der Waals surface area contributed by atoms with Gasteiger partial charge in [-0.25, -0.2) is 0 Å². The average molecular weight is 261 g/mol. The summed E-state index contributed by atoms with van der Waals surface area (Å²) in [6, 6.07) is 6.32. The summed E-state index contributed by atoms with van der Waals surface area (Å²) in [4.78, 5) is 5.13. The first-order valence-electron chi connectivity index (χ1n) is 5.55. The van der Waals surface area contributed by atoms with E-state index in [1.165, 1.54) is 6.07 Å². The highest BCUT2D eigenvalue weighted by molar-refractivity contribution is 5.35. The van der Waals surface area contributed by atoms with Gasteiger partial charge in [0.2, 0.25) is 0 Å². The highest BCUT2D eigenvalue weighted by Gasteiger charge is 2.14. The molecule has 18 heavy (non-hydrogen) atoms. The zero-order valence-electron chi connectivity index (χ0n) is 10.4. The molecule has 0 aliphatic carbocycles. The number of para-hydroxylation sites is 1. The maximum atomic E-state index is 12.2. The van der Waals surface area contributed by atoms with E-state index in [0.717, 1.165) is 0 Å². The van der Waals surface area contributed by atoms with Crippen molar-refractivity contribution in [1.29, 1.82) is 0 Å². The number of rotatable bonds is 8. The van der Waals surface area contributed by atoms with Crippen LogP contribution in [0.2, 0.25) is 0 Å². The second kappa shape index (κ2) is 7.97. The van der Waals surface area contributed by atoms with Crippen LogP contribution >= 0.6 is 0 Å². The fourth-order valence-electron chi connectivity index (χ4n) is 1.41. The lowest BCUT2D eigenvalue weighted by atomic mass is 10.1. The van der Waals surface area contributed by atoms with Gasteiger partial charge in [-0.3, -0.25) is 4.84 Å². The molecule has 0 fully saturated rings. The fraction of sp³-hybridized carbons (Fsp3) is 0.500. The highest BCUT2D eigenvalue weighted by atomic mass is 19.3. The molecule has 0 aromatic heterocycles. The molecule has 0 amide bonds. The van der Waals surface area contributed by atoms with E-state index in [2.05, 4.69) is 10.2 Å². The van der Waals surface area contributed by atoms with Crippen LogP contribution in [-0.2, 0) is 9.57 Å². The molecule has 1 rings (SSSR count). The maximum absolute atomic E-state index is 12.2. The van der Waals surface area contributed by atoms with Gasteiger partial charge in [-0.2, -0.15) is 14.3 Å². The van der Waals surface area contributed by atoms with Crippen molar-refractivity contribution in [2.24, 2.45) is 0 Å². The number of halogens is 2. The van der Waals surface area contributed by atoms with Crippen molar-refractivity contribution in [1.82, 2.24) is 5.48 Å². The number of alkyl halides is 2. The summed E-state index contributed by atoms with van der Waals surface area (Å²) in [7, 11) is 1.57. The van der Waals surface area contributed by atoms with E-state index in [9.17, 15) is 8.78 Å². The first-order chi connectivity index (χ1) is 8.65. The molecule has 1 aromatic carbocycles. The summed E-state index contributed by atoms with van der Waals surface area (Å²) in [6.07, 6.45) is 0. The normalized spacial score (nSPS) is 12.7. The van der Waals surface area contributed by atoms with Gasteiger partial charge in [0, 0.05) is 12.7 Å². The van der Waals surface area contributed by atoms with Gasteiger partial charge in [0.25, 0.3) is 0 Å². The van der Waals surface area contributed by atoms with Crippen molar-refractivity contribution in [2.75, 3.05) is 20.3 Å². The zero-order chi connectivity index (χ0) is 13.4. The van der Waals surface area contributed by atoms with Crippen molar-refractivity contribution in [3.05, 3.63) is 29.8 Å². The second-order valence-corrected chi connectivity index (χ2v) is 3.60. The van der Waals surface area contributed by atoms with Crippen LogP contribution in [0, 0.1) is 0 Å². The third-order valence-corrected chi connectivity index (χ3v) is 2.25. The molecule has 1 aromatic rings. The Labute approximate surface area is 105 Å². The Balaban J connectivity index is 2.57. The van der Waals surface area contributed by atoms with Gasteiger partial charge >= 0.3 is 6.61 Å². The van der Waals surface area contributed by atoms with Crippen LogP contribution in [0.5, 0.6) is 5.75 Å². The van der Waals surface area contributed by atoms with Gasteiger partial charge in [0.15, 0.2) is 0 Å². The zero-order valence-corrected chi connectivity index (χ0v) is 10.4. The summed E-state index contributed by atoms with van der Waals surface area (Å²) in [5, 5.41) is 0. The number of hydrogen-bond acceptors (Lipinski definition) is 4. The van der Waals surface area contributed by atoms with Crippen LogP contribution in [0.15, 0.2) is 24.3 Å². The van der Waals surface area contributed by atoms with Gasteiger partial charge in [0.05, 0.1) is 19.3 Å². The summed E-state index contributed by atoms with van der Waals surface area (Å²) in [5.74, 6) is 0.142. The maximum Gasteiger partial charge on any atom is 0.387 e. The van der Waals surface area contributed by atoms with E-state index < -0.39 is 6.61 Å². The predicted octanol–water partition coefficient (Wildman–Crippen LogP) is 2.52. The van der Waals surface area contributed by atoms with Crippen LogP contribution < -0.4 is 10.2 Å². The van der Waals surface area contributed by atoms with E-state index in [-0.39, 0.29) is 11.8 Å². The molecule has 0 saturated heterocycles. The van der Waals surface area contributed by atoms with Gasteiger partial charge in [-0.1, -0.05) is 18.2 Å². The Morgan fingerprint density at radius 3 is 2.61 bits per heavy atom. The SMILES string of the molecule is COCCONC(C)c1ccccc1OC(F)F. The van der Waals surface area contributed by atoms with Crippen molar-refractivity contribution >= 4 is 0 Å². The molecular weight excluding hydrogens is 244 g/mol. The molecule has 0 aliphatic heterocycles. The second-order valence-electron chi connectivity index (χ2n) is 3.60. The Morgan fingerprint density at radius 1 is 1.22 bits per heavy atom. The molecular formula is C12H17F2NO3. The topological polar surface area (TPSA) is 39.7 Å². The molecule has 0 aliphatic rings. The molecule has 1 unspecified atom stereocenters. The lowest BCUT2D eigenvalue weighted by molar-refractivity contribution is -0.0521. The largest absolute Gasteiger partial charge is 0.434 e. The molecule has 0 bridgehead atoms. The quantitative estimate of drug-likeness (QED) is 0.576.